The first kappa shape index (κ1) is 11.7. The zero-order chi connectivity index (χ0) is 13.2. The maximum Gasteiger partial charge on any atom is 0.255 e. The van der Waals surface area contributed by atoms with Crippen molar-refractivity contribution in [2.24, 2.45) is 0 Å². The van der Waals surface area contributed by atoms with Gasteiger partial charge in [-0.3, -0.25) is 9.36 Å². The Balaban J connectivity index is 2.07. The molecule has 2 heterocycles. The van der Waals surface area contributed by atoms with E-state index in [2.05, 4.69) is 5.43 Å². The maximum absolute atomic E-state index is 12.0. The van der Waals surface area contributed by atoms with Crippen LogP contribution in [0.25, 0.3) is 11.3 Å². The highest BCUT2D eigenvalue weighted by molar-refractivity contribution is 5.67. The van der Waals surface area contributed by atoms with Crippen LogP contribution in [-0.4, -0.2) is 23.2 Å². The van der Waals surface area contributed by atoms with Gasteiger partial charge in [0.1, 0.15) is 0 Å². The molecule has 0 bridgehead atoms. The van der Waals surface area contributed by atoms with Crippen LogP contribution in [0.1, 0.15) is 5.56 Å². The molecule has 2 aromatic rings. The summed E-state index contributed by atoms with van der Waals surface area (Å²) in [4.78, 5) is 12.0. The molecule has 0 atom stereocenters. The monoisotopic (exact) mass is 253 g/mol. The van der Waals surface area contributed by atoms with Gasteiger partial charge in [0.15, 0.2) is 0 Å². The van der Waals surface area contributed by atoms with Crippen molar-refractivity contribution in [1.82, 2.24) is 15.0 Å². The first-order valence-corrected chi connectivity index (χ1v) is 6.19. The Morgan fingerprint density at radius 1 is 1.11 bits per heavy atom. The van der Waals surface area contributed by atoms with E-state index in [1.807, 2.05) is 60.9 Å². The van der Waals surface area contributed by atoms with E-state index < -0.39 is 0 Å². The van der Waals surface area contributed by atoms with Crippen molar-refractivity contribution >= 4 is 5.57 Å². The highest BCUT2D eigenvalue weighted by Crippen LogP contribution is 2.17. The zero-order valence-corrected chi connectivity index (χ0v) is 10.7. The van der Waals surface area contributed by atoms with Gasteiger partial charge in [0.2, 0.25) is 0 Å². The molecule has 0 amide bonds. The van der Waals surface area contributed by atoms with Crippen molar-refractivity contribution in [2.75, 3.05) is 13.6 Å². The number of rotatable bonds is 2. The molecule has 0 saturated heterocycles. The Kier molecular flexibility index (Phi) is 2.93. The van der Waals surface area contributed by atoms with E-state index >= 15 is 0 Å². The second-order valence-electron chi connectivity index (χ2n) is 4.56. The van der Waals surface area contributed by atoms with E-state index in [4.69, 9.17) is 0 Å². The van der Waals surface area contributed by atoms with Crippen molar-refractivity contribution < 1.29 is 0 Å². The average Bonchev–Trinajstić information content (AvgIpc) is 2.87. The fourth-order valence-corrected chi connectivity index (χ4v) is 2.18. The molecule has 1 aliphatic heterocycles. The summed E-state index contributed by atoms with van der Waals surface area (Å²) in [5.74, 6) is 0. The summed E-state index contributed by atoms with van der Waals surface area (Å²) >= 11 is 0. The van der Waals surface area contributed by atoms with Gasteiger partial charge in [-0.25, -0.2) is 5.43 Å². The molecular weight excluding hydrogens is 238 g/mol. The van der Waals surface area contributed by atoms with Crippen LogP contribution in [0, 0.1) is 0 Å². The van der Waals surface area contributed by atoms with Crippen molar-refractivity contribution in [2.45, 2.75) is 0 Å². The number of pyridine rings is 1. The average molecular weight is 253 g/mol. The first-order chi connectivity index (χ1) is 9.24. The number of hydrogen-bond acceptors (Lipinski definition) is 3. The largest absolute Gasteiger partial charge is 0.318 e. The van der Waals surface area contributed by atoms with Gasteiger partial charge in [-0.05, 0) is 29.3 Å². The van der Waals surface area contributed by atoms with Crippen LogP contribution < -0.4 is 11.0 Å². The van der Waals surface area contributed by atoms with Crippen molar-refractivity contribution in [3.05, 3.63) is 70.8 Å². The zero-order valence-electron chi connectivity index (χ0n) is 10.7. The molecular formula is C15H15N3O. The lowest BCUT2D eigenvalue weighted by Crippen LogP contribution is -2.23. The highest BCUT2D eigenvalue weighted by Gasteiger charge is 2.11. The molecule has 0 radical (unpaired) electrons. The molecule has 0 unspecified atom stereocenters. The van der Waals surface area contributed by atoms with Crippen molar-refractivity contribution in [3.63, 3.8) is 0 Å². The SMILES string of the molecule is CN1C=C(c2ccc(=O)n(-c3ccccc3)c2)CN1. The molecule has 3 rings (SSSR count). The van der Waals surface area contributed by atoms with Crippen molar-refractivity contribution in [1.29, 1.82) is 0 Å². The predicted molar refractivity (Wildman–Crippen MR) is 75.8 cm³/mol. The number of para-hydroxylation sites is 1. The molecule has 4 nitrogen and oxygen atoms in total. The minimum Gasteiger partial charge on any atom is -0.318 e. The Labute approximate surface area is 111 Å². The summed E-state index contributed by atoms with van der Waals surface area (Å²) in [6.45, 7) is 0.781. The molecule has 1 aliphatic rings. The number of aromatic nitrogens is 1. The molecule has 1 N–H and O–H groups in total. The van der Waals surface area contributed by atoms with Gasteiger partial charge < -0.3 is 5.01 Å². The summed E-state index contributed by atoms with van der Waals surface area (Å²) in [6, 6.07) is 13.1. The second-order valence-corrected chi connectivity index (χ2v) is 4.56. The summed E-state index contributed by atoms with van der Waals surface area (Å²) in [6.07, 6.45) is 3.93. The Morgan fingerprint density at radius 3 is 2.58 bits per heavy atom. The topological polar surface area (TPSA) is 37.3 Å². The van der Waals surface area contributed by atoms with E-state index in [-0.39, 0.29) is 5.56 Å². The molecule has 0 spiro atoms. The third-order valence-electron chi connectivity index (χ3n) is 3.18. The minimum atomic E-state index is -0.0186. The van der Waals surface area contributed by atoms with Gasteiger partial charge in [-0.1, -0.05) is 18.2 Å². The summed E-state index contributed by atoms with van der Waals surface area (Å²) in [7, 11) is 1.96. The predicted octanol–water partition coefficient (Wildman–Crippen LogP) is 1.63. The van der Waals surface area contributed by atoms with Crippen LogP contribution in [0.15, 0.2) is 59.7 Å². The van der Waals surface area contributed by atoms with Gasteiger partial charge in [0, 0.05) is 37.7 Å². The number of hydrogen-bond donors (Lipinski definition) is 1. The summed E-state index contributed by atoms with van der Waals surface area (Å²) in [5, 5.41) is 1.92. The Hall–Kier alpha value is -2.33. The lowest BCUT2D eigenvalue weighted by Gasteiger charge is -2.08. The number of nitrogens with zero attached hydrogens (tertiary/aromatic N) is 2. The molecule has 19 heavy (non-hydrogen) atoms. The minimum absolute atomic E-state index is 0.0186. The standard InChI is InChI=1S/C15H15N3O/c1-17-10-13(9-16-17)12-7-8-15(19)18(11-12)14-5-3-2-4-6-14/h2-8,10-11,16H,9H2,1H3. The van der Waals surface area contributed by atoms with Gasteiger partial charge in [0.25, 0.3) is 5.56 Å². The third kappa shape index (κ3) is 2.30. The van der Waals surface area contributed by atoms with E-state index in [9.17, 15) is 4.79 Å². The molecule has 0 saturated carbocycles. The van der Waals surface area contributed by atoms with Gasteiger partial charge in [-0.2, -0.15) is 0 Å². The van der Waals surface area contributed by atoms with Crippen LogP contribution in [0.5, 0.6) is 0 Å². The molecule has 1 aromatic carbocycles. The van der Waals surface area contributed by atoms with Gasteiger partial charge >= 0.3 is 0 Å². The van der Waals surface area contributed by atoms with Crippen LogP contribution in [0.3, 0.4) is 0 Å². The quantitative estimate of drug-likeness (QED) is 0.884. The smallest absolute Gasteiger partial charge is 0.255 e. The third-order valence-corrected chi connectivity index (χ3v) is 3.18. The Morgan fingerprint density at radius 2 is 1.89 bits per heavy atom. The lowest BCUT2D eigenvalue weighted by atomic mass is 10.1. The van der Waals surface area contributed by atoms with Crippen LogP contribution in [0.2, 0.25) is 0 Å². The first-order valence-electron chi connectivity index (χ1n) is 6.19. The second kappa shape index (κ2) is 4.74. The van der Waals surface area contributed by atoms with Crippen LogP contribution in [0.4, 0.5) is 0 Å². The van der Waals surface area contributed by atoms with E-state index in [1.165, 1.54) is 5.57 Å². The van der Waals surface area contributed by atoms with Gasteiger partial charge in [0.05, 0.1) is 0 Å². The molecule has 0 aliphatic carbocycles. The fourth-order valence-electron chi connectivity index (χ4n) is 2.18. The highest BCUT2D eigenvalue weighted by atomic mass is 16.1. The summed E-state index contributed by atoms with van der Waals surface area (Å²) < 4.78 is 1.68. The van der Waals surface area contributed by atoms with E-state index in [1.54, 1.807) is 10.6 Å². The number of benzene rings is 1. The van der Waals surface area contributed by atoms with Crippen LogP contribution in [-0.2, 0) is 0 Å². The lowest BCUT2D eigenvalue weighted by molar-refractivity contribution is 0.374. The fraction of sp³-hybridized carbons (Fsp3) is 0.133. The van der Waals surface area contributed by atoms with E-state index in [0.29, 0.717) is 0 Å². The number of hydrazine groups is 1. The van der Waals surface area contributed by atoms with Crippen molar-refractivity contribution in [3.8, 4) is 5.69 Å². The number of nitrogens with one attached hydrogen (secondary N) is 1. The molecule has 96 valence electrons. The molecule has 4 heteroatoms. The van der Waals surface area contributed by atoms with E-state index in [0.717, 1.165) is 17.8 Å². The normalized spacial score (nSPS) is 14.6. The van der Waals surface area contributed by atoms with Crippen LogP contribution >= 0.6 is 0 Å². The Bertz CT molecular complexity index is 673. The molecule has 0 fully saturated rings. The maximum atomic E-state index is 12.0. The summed E-state index contributed by atoms with van der Waals surface area (Å²) in [5.41, 5.74) is 6.29. The van der Waals surface area contributed by atoms with Gasteiger partial charge in [-0.15, -0.1) is 0 Å². The molecule has 1 aromatic heterocycles.